The summed E-state index contributed by atoms with van der Waals surface area (Å²) in [5.74, 6) is 0.258. The van der Waals surface area contributed by atoms with Crippen molar-refractivity contribution >= 4 is 11.5 Å². The van der Waals surface area contributed by atoms with E-state index in [2.05, 4.69) is 5.10 Å². The second-order valence-corrected chi connectivity index (χ2v) is 3.42. The van der Waals surface area contributed by atoms with Crippen LogP contribution >= 0.6 is 0 Å². The third-order valence-electron chi connectivity index (χ3n) is 2.36. The van der Waals surface area contributed by atoms with E-state index in [1.165, 1.54) is 18.0 Å². The zero-order valence-corrected chi connectivity index (χ0v) is 8.64. The molecule has 0 atom stereocenters. The normalized spacial score (nSPS) is 15.9. The number of amidine groups is 1. The van der Waals surface area contributed by atoms with Gasteiger partial charge in [0.05, 0.1) is 0 Å². The highest BCUT2D eigenvalue weighted by Gasteiger charge is 2.28. The van der Waals surface area contributed by atoms with Crippen molar-refractivity contribution in [3.8, 4) is 5.75 Å². The lowest BCUT2D eigenvalue weighted by Crippen LogP contribution is -2.33. The first-order valence-corrected chi connectivity index (χ1v) is 4.75. The fourth-order valence-corrected chi connectivity index (χ4v) is 1.53. The van der Waals surface area contributed by atoms with Crippen LogP contribution in [0.15, 0.2) is 29.4 Å². The van der Waals surface area contributed by atoms with Crippen LogP contribution in [0.4, 0.5) is 14.5 Å². The first-order chi connectivity index (χ1) is 7.59. The topological polar surface area (TPSA) is 39.1 Å². The van der Waals surface area contributed by atoms with Crippen molar-refractivity contribution in [2.75, 3.05) is 11.7 Å². The molecule has 0 aromatic heterocycles. The summed E-state index contributed by atoms with van der Waals surface area (Å²) >= 11 is 0. The molecule has 6 heteroatoms. The Bertz CT molecular complexity index is 422. The number of phenolic OH excluding ortho intramolecular Hbond substituents is 1. The molecule has 0 amide bonds. The van der Waals surface area contributed by atoms with Gasteiger partial charge in [-0.15, -0.1) is 0 Å². The van der Waals surface area contributed by atoms with Crippen LogP contribution in [0.25, 0.3) is 0 Å². The van der Waals surface area contributed by atoms with Crippen LogP contribution in [0.1, 0.15) is 6.92 Å². The molecule has 16 heavy (non-hydrogen) atoms. The number of nitrogens with zero attached hydrogens (tertiary/aromatic N) is 3. The van der Waals surface area contributed by atoms with Crippen LogP contribution in [-0.4, -0.2) is 29.1 Å². The first kappa shape index (κ1) is 10.7. The number of phenols is 1. The highest BCUT2D eigenvalue weighted by molar-refractivity contribution is 5.83. The SMILES string of the molecule is CC1=NN(c2ccccc2O)CN1C(F)F. The molecule has 1 aliphatic heterocycles. The summed E-state index contributed by atoms with van der Waals surface area (Å²) in [5, 5.41) is 14.9. The molecule has 0 radical (unpaired) electrons. The highest BCUT2D eigenvalue weighted by Crippen LogP contribution is 2.29. The van der Waals surface area contributed by atoms with E-state index in [1.54, 1.807) is 18.2 Å². The Morgan fingerprint density at radius 2 is 2.06 bits per heavy atom. The average molecular weight is 227 g/mol. The lowest BCUT2D eigenvalue weighted by Gasteiger charge is -2.19. The van der Waals surface area contributed by atoms with E-state index >= 15 is 0 Å². The van der Waals surface area contributed by atoms with E-state index in [1.807, 2.05) is 0 Å². The van der Waals surface area contributed by atoms with E-state index in [0.29, 0.717) is 5.69 Å². The molecule has 0 saturated heterocycles. The van der Waals surface area contributed by atoms with Gasteiger partial charge in [0.25, 0.3) is 0 Å². The first-order valence-electron chi connectivity index (χ1n) is 4.75. The molecule has 4 nitrogen and oxygen atoms in total. The summed E-state index contributed by atoms with van der Waals surface area (Å²) in [6, 6.07) is 6.49. The standard InChI is InChI=1S/C10H11F2N3O/c1-7-13-15(6-14(7)10(11)12)8-4-2-3-5-9(8)16/h2-5,10,16H,6H2,1H3. The minimum atomic E-state index is -2.58. The number of hydrogen-bond acceptors (Lipinski definition) is 4. The quantitative estimate of drug-likeness (QED) is 0.786. The van der Waals surface area contributed by atoms with Crippen LogP contribution in [0.2, 0.25) is 0 Å². The summed E-state index contributed by atoms with van der Waals surface area (Å²) < 4.78 is 25.1. The van der Waals surface area contributed by atoms with Gasteiger partial charge < -0.3 is 5.11 Å². The molecule has 2 rings (SSSR count). The zero-order chi connectivity index (χ0) is 11.7. The lowest BCUT2D eigenvalue weighted by molar-refractivity contribution is 0.0268. The minimum Gasteiger partial charge on any atom is -0.506 e. The monoisotopic (exact) mass is 227 g/mol. The molecule has 1 heterocycles. The summed E-state index contributed by atoms with van der Waals surface area (Å²) in [5.41, 5.74) is 0.421. The van der Waals surface area contributed by atoms with Gasteiger partial charge in [-0.3, -0.25) is 4.90 Å². The molecule has 0 aliphatic carbocycles. The molecule has 0 bridgehead atoms. The lowest BCUT2D eigenvalue weighted by atomic mass is 10.3. The second-order valence-electron chi connectivity index (χ2n) is 3.42. The second kappa shape index (κ2) is 3.96. The number of anilines is 1. The third-order valence-corrected chi connectivity index (χ3v) is 2.36. The van der Waals surface area contributed by atoms with Crippen molar-refractivity contribution in [1.82, 2.24) is 4.90 Å². The smallest absolute Gasteiger partial charge is 0.317 e. The van der Waals surface area contributed by atoms with Crippen LogP contribution < -0.4 is 5.01 Å². The number of halogens is 2. The number of rotatable bonds is 2. The molecule has 1 N–H and O–H groups in total. The van der Waals surface area contributed by atoms with Gasteiger partial charge in [0.2, 0.25) is 0 Å². The van der Waals surface area contributed by atoms with E-state index in [4.69, 9.17) is 0 Å². The maximum Gasteiger partial charge on any atom is 0.317 e. The van der Waals surface area contributed by atoms with Gasteiger partial charge in [-0.2, -0.15) is 13.9 Å². The maximum absolute atomic E-state index is 12.5. The Hall–Kier alpha value is -1.85. The number of aromatic hydroxyl groups is 1. The van der Waals surface area contributed by atoms with E-state index in [9.17, 15) is 13.9 Å². The maximum atomic E-state index is 12.5. The summed E-state index contributed by atoms with van der Waals surface area (Å²) in [7, 11) is 0. The Labute approximate surface area is 91.4 Å². The van der Waals surface area contributed by atoms with Gasteiger partial charge in [-0.1, -0.05) is 12.1 Å². The molecule has 0 fully saturated rings. The van der Waals surface area contributed by atoms with E-state index in [-0.39, 0.29) is 18.3 Å². The van der Waals surface area contributed by atoms with Crippen molar-refractivity contribution in [3.63, 3.8) is 0 Å². The van der Waals surface area contributed by atoms with Crippen molar-refractivity contribution in [3.05, 3.63) is 24.3 Å². The molecule has 1 aromatic carbocycles. The number of benzene rings is 1. The fourth-order valence-electron chi connectivity index (χ4n) is 1.53. The minimum absolute atomic E-state index is 0.0233. The van der Waals surface area contributed by atoms with Crippen molar-refractivity contribution in [1.29, 1.82) is 0 Å². The van der Waals surface area contributed by atoms with Gasteiger partial charge in [0, 0.05) is 0 Å². The number of para-hydroxylation sites is 2. The van der Waals surface area contributed by atoms with Gasteiger partial charge in [-0.25, -0.2) is 5.01 Å². The molecular formula is C10H11F2N3O. The fraction of sp³-hybridized carbons (Fsp3) is 0.300. The van der Waals surface area contributed by atoms with Gasteiger partial charge in [0.15, 0.2) is 0 Å². The third kappa shape index (κ3) is 1.78. The Morgan fingerprint density at radius 3 is 2.62 bits per heavy atom. The van der Waals surface area contributed by atoms with Gasteiger partial charge in [0.1, 0.15) is 23.9 Å². The predicted octanol–water partition coefficient (Wildman–Crippen LogP) is 2.03. The zero-order valence-electron chi connectivity index (χ0n) is 8.64. The molecule has 86 valence electrons. The van der Waals surface area contributed by atoms with Crippen molar-refractivity contribution in [2.24, 2.45) is 5.10 Å². The van der Waals surface area contributed by atoms with E-state index < -0.39 is 6.55 Å². The largest absolute Gasteiger partial charge is 0.506 e. The number of alkyl halides is 2. The highest BCUT2D eigenvalue weighted by atomic mass is 19.3. The van der Waals surface area contributed by atoms with Crippen LogP contribution in [0.3, 0.4) is 0 Å². The molecular weight excluding hydrogens is 216 g/mol. The molecule has 0 unspecified atom stereocenters. The summed E-state index contributed by atoms with van der Waals surface area (Å²) in [6.45, 7) is -1.13. The predicted molar refractivity (Wildman–Crippen MR) is 56.4 cm³/mol. The van der Waals surface area contributed by atoms with Crippen LogP contribution in [0.5, 0.6) is 5.75 Å². The molecule has 1 aromatic rings. The summed E-state index contributed by atoms with van der Waals surface area (Å²) in [6.07, 6.45) is 0. The summed E-state index contributed by atoms with van der Waals surface area (Å²) in [4.78, 5) is 0.854. The average Bonchev–Trinajstić information content (AvgIpc) is 2.61. The molecule has 1 aliphatic rings. The Kier molecular flexibility index (Phi) is 2.64. The van der Waals surface area contributed by atoms with Crippen molar-refractivity contribution in [2.45, 2.75) is 13.5 Å². The van der Waals surface area contributed by atoms with Gasteiger partial charge in [-0.05, 0) is 19.1 Å². The Morgan fingerprint density at radius 1 is 1.38 bits per heavy atom. The van der Waals surface area contributed by atoms with Gasteiger partial charge >= 0.3 is 6.55 Å². The number of hydrazone groups is 1. The Balaban J connectivity index is 2.24. The van der Waals surface area contributed by atoms with Crippen LogP contribution in [0, 0.1) is 0 Å². The number of hydrogen-bond donors (Lipinski definition) is 1. The van der Waals surface area contributed by atoms with Crippen LogP contribution in [-0.2, 0) is 0 Å². The van der Waals surface area contributed by atoms with E-state index in [0.717, 1.165) is 4.90 Å². The molecule has 0 spiro atoms. The molecule has 0 saturated carbocycles. The van der Waals surface area contributed by atoms with Crippen molar-refractivity contribution < 1.29 is 13.9 Å².